The summed E-state index contributed by atoms with van der Waals surface area (Å²) in [5, 5.41) is 44.7. The maximum absolute atomic E-state index is 14.1. The Morgan fingerprint density at radius 2 is 0.952 bits per heavy atom. The van der Waals surface area contributed by atoms with Crippen LogP contribution in [0.5, 0.6) is 0 Å². The second-order valence-electron chi connectivity index (χ2n) is 19.2. The van der Waals surface area contributed by atoms with Crippen LogP contribution in [-0.4, -0.2) is 218 Å². The highest BCUT2D eigenvalue weighted by Crippen LogP contribution is 2.20. The number of nitrogens with zero attached hydrogens (tertiary/aromatic N) is 1. The molecule has 0 aromatic carbocycles. The second-order valence-corrected chi connectivity index (χ2v) is 21.4. The van der Waals surface area contributed by atoms with Crippen molar-refractivity contribution in [3.8, 4) is 0 Å². The van der Waals surface area contributed by atoms with Crippen molar-refractivity contribution in [1.29, 1.82) is 0 Å². The molecule has 1 fully saturated rings. The van der Waals surface area contributed by atoms with Gasteiger partial charge in [0.15, 0.2) is 0 Å². The third kappa shape index (κ3) is 26.7. The third-order valence-electron chi connectivity index (χ3n) is 12.1. The summed E-state index contributed by atoms with van der Waals surface area (Å²) in [5.74, 6) is -15.8. The van der Waals surface area contributed by atoms with E-state index in [1.165, 1.54) is 13.8 Å². The molecule has 0 aromatic rings. The molecule has 0 aromatic heterocycles. The molecule has 468 valence electrons. The van der Waals surface area contributed by atoms with Crippen LogP contribution < -0.4 is 64.2 Å². The Labute approximate surface area is 512 Å². The number of carbonyl (C=O) groups is 15. The van der Waals surface area contributed by atoms with E-state index in [1.54, 1.807) is 13.8 Å². The van der Waals surface area contributed by atoms with E-state index in [4.69, 9.17) is 10.8 Å². The maximum atomic E-state index is 14.1. The number of carboxylic acids is 2. The number of hydrogen-bond donors (Lipinski definition) is 20. The fourth-order valence-electron chi connectivity index (χ4n) is 7.67. The Hall–Kier alpha value is -5.85. The van der Waals surface area contributed by atoms with Crippen LogP contribution in [0.3, 0.4) is 0 Å². The van der Waals surface area contributed by atoms with Crippen molar-refractivity contribution in [3.05, 3.63) is 0 Å². The van der Waals surface area contributed by atoms with Crippen LogP contribution in [-0.2, 0) is 71.9 Å². The fraction of sp³-hybridized carbons (Fsp3) is 0.681. The molecule has 1 heterocycles. The van der Waals surface area contributed by atoms with Gasteiger partial charge in [-0.15, -0.1) is 0 Å². The first-order valence-electron chi connectivity index (χ1n) is 26.0. The molecule has 1 aliphatic heterocycles. The van der Waals surface area contributed by atoms with E-state index < -0.39 is 187 Å². The normalized spacial score (nSPS) is 16.4. The summed E-state index contributed by atoms with van der Waals surface area (Å²) in [4.78, 5) is 195. The number of carboxylic acid groups (broad SMARTS) is 2. The smallest absolute Gasteiger partial charge is 0.327 e. The van der Waals surface area contributed by atoms with Crippen molar-refractivity contribution in [2.45, 2.75) is 146 Å². The first-order valence-corrected chi connectivity index (χ1v) is 29.8. The molecular formula is C47H77N13O17S6. The lowest BCUT2D eigenvalue weighted by atomic mass is 10.0. The predicted octanol–water partition coefficient (Wildman–Crippen LogP) is -5.79. The number of nitrogens with two attached hydrogens (primary N) is 1. The van der Waals surface area contributed by atoms with Gasteiger partial charge in [-0.3, -0.25) is 67.1 Å². The summed E-state index contributed by atoms with van der Waals surface area (Å²) < 4.78 is 0. The van der Waals surface area contributed by atoms with Crippen LogP contribution in [0.4, 0.5) is 0 Å². The van der Waals surface area contributed by atoms with Gasteiger partial charge in [-0.2, -0.15) is 75.8 Å². The molecule has 1 saturated heterocycles. The van der Waals surface area contributed by atoms with Gasteiger partial charge >= 0.3 is 11.9 Å². The first kappa shape index (κ1) is 75.2. The lowest BCUT2D eigenvalue weighted by Gasteiger charge is -2.30. The molecule has 0 bridgehead atoms. The SMILES string of the molecule is CC[C@H](NC(=O)[C@@H]1CCCN1C(=O)[C@H](CC(N)=O)NC(=O)[C@H](CS)NC(=O)[C@H](CS)NC(=O)[C@H](CC(C)C)NC(=O)[C@H](CCC(=O)O)NC(=O)[C@H](CS)NC(=O)CCS)C(=O)N[C@@H](CS)C(=O)N[C@@H](C)C(=O)NCC(=O)N[C@@H](CS)C(=O)O. The van der Waals surface area contributed by atoms with Gasteiger partial charge in [0.25, 0.3) is 0 Å². The standard InChI is InChI=1S/C47H77N13O17S6/c1-5-23(38(67)57-28(17-80)41(70)50-22(4)37(66)49-15-35(63)52-31(20-83)47(76)77)53-45(74)32-7-6-11-60(32)46(75)26(14-33(48)61)56-43(72)29(18-81)59-44(73)30(19-82)58-40(69)25(13-21(2)3)55-39(68)24(8-9-36(64)65)54-42(71)27(16-79)51-34(62)10-12-78/h21-32,78-83H,5-20H2,1-4H3,(H2,48,61)(H,49,66)(H,50,70)(H,51,62)(H,52,63)(H,53,74)(H,54,71)(H,55,68)(H,56,72)(H,57,67)(H,58,69)(H,59,73)(H,64,65)(H,76,77)/t22-,23-,24-,25-,26-,27-,28-,29-,30-,31-,32-/m0/s1. The van der Waals surface area contributed by atoms with Crippen molar-refractivity contribution < 1.29 is 82.1 Å². The number of primary amides is 1. The summed E-state index contributed by atoms with van der Waals surface area (Å²) in [7, 11) is 0. The van der Waals surface area contributed by atoms with Crippen molar-refractivity contribution >= 4 is 165 Å². The largest absolute Gasteiger partial charge is 0.481 e. The molecular weight excluding hydrogens is 1210 g/mol. The minimum Gasteiger partial charge on any atom is -0.481 e. The van der Waals surface area contributed by atoms with Gasteiger partial charge in [0.1, 0.15) is 66.5 Å². The quantitative estimate of drug-likeness (QED) is 0.0256. The van der Waals surface area contributed by atoms with Crippen LogP contribution in [0.1, 0.15) is 79.1 Å². The Morgan fingerprint density at radius 3 is 1.41 bits per heavy atom. The average Bonchev–Trinajstić information content (AvgIpc) is 3.92. The predicted molar refractivity (Wildman–Crippen MR) is 319 cm³/mol. The van der Waals surface area contributed by atoms with E-state index in [0.29, 0.717) is 0 Å². The highest BCUT2D eigenvalue weighted by molar-refractivity contribution is 7.81. The summed E-state index contributed by atoms with van der Waals surface area (Å²) >= 11 is 24.4. The van der Waals surface area contributed by atoms with Crippen LogP contribution >= 0.6 is 75.8 Å². The second kappa shape index (κ2) is 38.9. The molecule has 36 heteroatoms. The molecule has 11 atom stereocenters. The summed E-state index contributed by atoms with van der Waals surface area (Å²) in [6.07, 6.45) is -1.57. The topological polar surface area (TPSA) is 458 Å². The van der Waals surface area contributed by atoms with Gasteiger partial charge in [-0.25, -0.2) is 4.79 Å². The fourth-order valence-corrected chi connectivity index (χ4v) is 9.15. The summed E-state index contributed by atoms with van der Waals surface area (Å²) in [6.45, 7) is 5.55. The molecule has 0 unspecified atom stereocenters. The molecule has 1 aliphatic rings. The molecule has 0 radical (unpaired) electrons. The maximum Gasteiger partial charge on any atom is 0.327 e. The van der Waals surface area contributed by atoms with Gasteiger partial charge in [0.05, 0.1) is 13.0 Å². The van der Waals surface area contributed by atoms with Gasteiger partial charge in [-0.05, 0) is 50.7 Å². The molecule has 13 amide bonds. The van der Waals surface area contributed by atoms with E-state index in [9.17, 15) is 77.0 Å². The molecule has 1 rings (SSSR count). The van der Waals surface area contributed by atoms with Crippen molar-refractivity contribution in [1.82, 2.24) is 63.4 Å². The Bertz CT molecular complexity index is 2350. The number of nitrogens with one attached hydrogen (secondary N) is 11. The zero-order chi connectivity index (χ0) is 63.3. The Kier molecular flexibility index (Phi) is 35.2. The molecule has 83 heavy (non-hydrogen) atoms. The molecule has 15 N–H and O–H groups in total. The van der Waals surface area contributed by atoms with Crippen LogP contribution in [0.15, 0.2) is 0 Å². The van der Waals surface area contributed by atoms with E-state index in [-0.39, 0.29) is 73.3 Å². The van der Waals surface area contributed by atoms with Gasteiger partial charge in [-0.1, -0.05) is 20.8 Å². The highest BCUT2D eigenvalue weighted by atomic mass is 32.1. The van der Waals surface area contributed by atoms with E-state index in [1.807, 2.05) is 0 Å². The Morgan fingerprint density at radius 1 is 0.518 bits per heavy atom. The van der Waals surface area contributed by atoms with Crippen molar-refractivity contribution in [3.63, 3.8) is 0 Å². The summed E-state index contributed by atoms with van der Waals surface area (Å²) in [6, 6.07) is -15.3. The van der Waals surface area contributed by atoms with E-state index in [2.05, 4.69) is 134 Å². The number of rotatable bonds is 38. The number of carbonyl (C=O) groups excluding carboxylic acids is 13. The van der Waals surface area contributed by atoms with Gasteiger partial charge < -0.3 is 79.3 Å². The number of hydrogen-bond acceptors (Lipinski definition) is 21. The minimum atomic E-state index is -1.71. The number of likely N-dealkylation sites (tertiary alicyclic amines) is 1. The minimum absolute atomic E-state index is 0.0311. The number of amides is 13. The lowest BCUT2D eigenvalue weighted by Crippen LogP contribution is -2.61. The van der Waals surface area contributed by atoms with Crippen molar-refractivity contribution in [2.24, 2.45) is 11.7 Å². The zero-order valence-corrected chi connectivity index (χ0v) is 51.3. The number of thiol groups is 6. The van der Waals surface area contributed by atoms with Gasteiger partial charge in [0, 0.05) is 48.2 Å². The first-order chi connectivity index (χ1) is 39.0. The zero-order valence-electron chi connectivity index (χ0n) is 46.0. The van der Waals surface area contributed by atoms with Crippen LogP contribution in [0.25, 0.3) is 0 Å². The molecule has 0 spiro atoms. The monoisotopic (exact) mass is 1290 g/mol. The molecule has 0 saturated carbocycles. The Balaban J connectivity index is 3.16. The average molecular weight is 1290 g/mol. The van der Waals surface area contributed by atoms with Crippen molar-refractivity contribution in [2.75, 3.05) is 47.6 Å². The molecule has 30 nitrogen and oxygen atoms in total. The molecule has 0 aliphatic carbocycles. The highest BCUT2D eigenvalue weighted by Gasteiger charge is 2.41. The third-order valence-corrected chi connectivity index (χ3v) is 14.2. The lowest BCUT2D eigenvalue weighted by molar-refractivity contribution is -0.143. The van der Waals surface area contributed by atoms with E-state index >= 15 is 0 Å². The van der Waals surface area contributed by atoms with Crippen LogP contribution in [0, 0.1) is 5.92 Å². The number of aliphatic carboxylic acids is 2. The van der Waals surface area contributed by atoms with Gasteiger partial charge in [0.2, 0.25) is 76.8 Å². The van der Waals surface area contributed by atoms with E-state index in [0.717, 1.165) is 4.90 Å². The summed E-state index contributed by atoms with van der Waals surface area (Å²) in [5.41, 5.74) is 5.48. The van der Waals surface area contributed by atoms with Crippen LogP contribution in [0.2, 0.25) is 0 Å².